The standard InChI is InChI=1S/C17H15FO/c18-16-8-7-15(11-19)17(10-16)14-6-2-5-13(9-14)12-3-1-4-12/h2,5-12H,1,3-4H2. The summed E-state index contributed by atoms with van der Waals surface area (Å²) in [4.78, 5) is 11.1. The molecule has 0 bridgehead atoms. The van der Waals surface area contributed by atoms with Crippen molar-refractivity contribution in [3.63, 3.8) is 0 Å². The van der Waals surface area contributed by atoms with Gasteiger partial charge in [-0.25, -0.2) is 4.39 Å². The highest BCUT2D eigenvalue weighted by molar-refractivity contribution is 5.87. The van der Waals surface area contributed by atoms with Crippen molar-refractivity contribution in [1.82, 2.24) is 0 Å². The summed E-state index contributed by atoms with van der Waals surface area (Å²) in [5, 5.41) is 0. The maximum Gasteiger partial charge on any atom is 0.150 e. The van der Waals surface area contributed by atoms with Gasteiger partial charge >= 0.3 is 0 Å². The van der Waals surface area contributed by atoms with E-state index < -0.39 is 0 Å². The monoisotopic (exact) mass is 254 g/mol. The third-order valence-corrected chi connectivity index (χ3v) is 3.92. The quantitative estimate of drug-likeness (QED) is 0.733. The summed E-state index contributed by atoms with van der Waals surface area (Å²) >= 11 is 0. The van der Waals surface area contributed by atoms with Gasteiger partial charge in [0.25, 0.3) is 0 Å². The van der Waals surface area contributed by atoms with E-state index in [0.717, 1.165) is 11.8 Å². The molecule has 2 heteroatoms. The lowest BCUT2D eigenvalue weighted by molar-refractivity contribution is 0.112. The van der Waals surface area contributed by atoms with E-state index in [-0.39, 0.29) is 5.82 Å². The number of hydrogen-bond donors (Lipinski definition) is 0. The summed E-state index contributed by atoms with van der Waals surface area (Å²) in [6, 6.07) is 12.4. The van der Waals surface area contributed by atoms with Crippen LogP contribution in [0.15, 0.2) is 42.5 Å². The fourth-order valence-electron chi connectivity index (χ4n) is 2.58. The van der Waals surface area contributed by atoms with E-state index >= 15 is 0 Å². The van der Waals surface area contributed by atoms with Crippen LogP contribution in [-0.2, 0) is 0 Å². The van der Waals surface area contributed by atoms with Gasteiger partial charge in [-0.05, 0) is 53.6 Å². The third kappa shape index (κ3) is 2.30. The van der Waals surface area contributed by atoms with Gasteiger partial charge in [-0.2, -0.15) is 0 Å². The highest BCUT2D eigenvalue weighted by atomic mass is 19.1. The maximum atomic E-state index is 13.4. The second kappa shape index (κ2) is 4.96. The van der Waals surface area contributed by atoms with Crippen molar-refractivity contribution in [2.45, 2.75) is 25.2 Å². The summed E-state index contributed by atoms with van der Waals surface area (Å²) in [5.74, 6) is 0.322. The fraction of sp³-hybridized carbons (Fsp3) is 0.235. The zero-order chi connectivity index (χ0) is 13.2. The smallest absolute Gasteiger partial charge is 0.150 e. The van der Waals surface area contributed by atoms with Crippen molar-refractivity contribution in [1.29, 1.82) is 0 Å². The van der Waals surface area contributed by atoms with Crippen LogP contribution >= 0.6 is 0 Å². The van der Waals surface area contributed by atoms with Crippen molar-refractivity contribution in [2.75, 3.05) is 0 Å². The fourth-order valence-corrected chi connectivity index (χ4v) is 2.58. The number of halogens is 1. The molecule has 0 unspecified atom stereocenters. The van der Waals surface area contributed by atoms with Crippen LogP contribution in [-0.4, -0.2) is 6.29 Å². The molecule has 3 rings (SSSR count). The van der Waals surface area contributed by atoms with Crippen molar-refractivity contribution in [3.8, 4) is 11.1 Å². The van der Waals surface area contributed by atoms with Gasteiger partial charge in [-0.3, -0.25) is 4.79 Å². The van der Waals surface area contributed by atoms with Crippen LogP contribution in [0.4, 0.5) is 4.39 Å². The Morgan fingerprint density at radius 1 is 1.11 bits per heavy atom. The van der Waals surface area contributed by atoms with E-state index in [2.05, 4.69) is 12.1 Å². The van der Waals surface area contributed by atoms with Crippen molar-refractivity contribution in [3.05, 3.63) is 59.4 Å². The highest BCUT2D eigenvalue weighted by Crippen LogP contribution is 2.37. The lowest BCUT2D eigenvalue weighted by Crippen LogP contribution is -2.08. The number of aldehydes is 1. The summed E-state index contributed by atoms with van der Waals surface area (Å²) in [6.07, 6.45) is 4.53. The molecule has 19 heavy (non-hydrogen) atoms. The molecule has 2 aromatic rings. The Kier molecular flexibility index (Phi) is 3.16. The Morgan fingerprint density at radius 3 is 2.63 bits per heavy atom. The molecule has 1 aliphatic rings. The summed E-state index contributed by atoms with van der Waals surface area (Å²) in [6.45, 7) is 0. The number of hydrogen-bond acceptors (Lipinski definition) is 1. The van der Waals surface area contributed by atoms with Crippen LogP contribution in [0.5, 0.6) is 0 Å². The summed E-state index contributed by atoms with van der Waals surface area (Å²) in [5.41, 5.74) is 3.43. The van der Waals surface area contributed by atoms with Crippen molar-refractivity contribution in [2.24, 2.45) is 0 Å². The number of carbonyl (C=O) groups excluding carboxylic acids is 1. The largest absolute Gasteiger partial charge is 0.298 e. The molecule has 0 spiro atoms. The van der Waals surface area contributed by atoms with E-state index in [1.165, 1.54) is 43.0 Å². The first-order chi connectivity index (χ1) is 9.28. The molecule has 0 atom stereocenters. The number of carbonyl (C=O) groups is 1. The molecule has 1 saturated carbocycles. The molecule has 1 nitrogen and oxygen atoms in total. The molecule has 0 radical (unpaired) electrons. The van der Waals surface area contributed by atoms with Crippen LogP contribution in [0, 0.1) is 5.82 Å². The average Bonchev–Trinajstić information content (AvgIpc) is 2.37. The minimum Gasteiger partial charge on any atom is -0.298 e. The zero-order valence-corrected chi connectivity index (χ0v) is 10.6. The first kappa shape index (κ1) is 12.1. The predicted molar refractivity (Wildman–Crippen MR) is 73.8 cm³/mol. The van der Waals surface area contributed by atoms with Crippen LogP contribution in [0.3, 0.4) is 0 Å². The van der Waals surface area contributed by atoms with E-state index in [1.54, 1.807) is 0 Å². The van der Waals surface area contributed by atoms with Crippen LogP contribution in [0.25, 0.3) is 11.1 Å². The van der Waals surface area contributed by atoms with E-state index in [0.29, 0.717) is 17.0 Å². The minimum absolute atomic E-state index is 0.311. The van der Waals surface area contributed by atoms with Crippen molar-refractivity contribution >= 4 is 6.29 Å². The van der Waals surface area contributed by atoms with Gasteiger partial charge in [0.15, 0.2) is 6.29 Å². The zero-order valence-electron chi connectivity index (χ0n) is 10.6. The number of rotatable bonds is 3. The lowest BCUT2D eigenvalue weighted by atomic mass is 9.79. The molecule has 1 aliphatic carbocycles. The van der Waals surface area contributed by atoms with Gasteiger partial charge in [0.05, 0.1) is 0 Å². The SMILES string of the molecule is O=Cc1ccc(F)cc1-c1cccc(C2CCC2)c1. The van der Waals surface area contributed by atoms with Gasteiger partial charge in [-0.1, -0.05) is 30.7 Å². The van der Waals surface area contributed by atoms with Crippen LogP contribution in [0.2, 0.25) is 0 Å². The Bertz CT molecular complexity index is 614. The van der Waals surface area contributed by atoms with Crippen LogP contribution < -0.4 is 0 Å². The van der Waals surface area contributed by atoms with Gasteiger partial charge in [-0.15, -0.1) is 0 Å². The maximum absolute atomic E-state index is 13.4. The molecule has 0 amide bonds. The van der Waals surface area contributed by atoms with E-state index in [4.69, 9.17) is 0 Å². The molecular weight excluding hydrogens is 239 g/mol. The predicted octanol–water partition coefficient (Wildman–Crippen LogP) is 4.57. The van der Waals surface area contributed by atoms with Crippen LogP contribution in [0.1, 0.15) is 41.1 Å². The molecule has 0 N–H and O–H groups in total. The average molecular weight is 254 g/mol. The van der Waals surface area contributed by atoms with Crippen molar-refractivity contribution < 1.29 is 9.18 Å². The second-order valence-electron chi connectivity index (χ2n) is 5.10. The summed E-state index contributed by atoms with van der Waals surface area (Å²) < 4.78 is 13.4. The van der Waals surface area contributed by atoms with Gasteiger partial charge in [0, 0.05) is 5.56 Å². The van der Waals surface area contributed by atoms with Gasteiger partial charge < -0.3 is 0 Å². The summed E-state index contributed by atoms with van der Waals surface area (Å²) in [7, 11) is 0. The first-order valence-corrected chi connectivity index (χ1v) is 6.63. The number of benzene rings is 2. The third-order valence-electron chi connectivity index (χ3n) is 3.92. The molecule has 0 saturated heterocycles. The molecule has 0 aromatic heterocycles. The highest BCUT2D eigenvalue weighted by Gasteiger charge is 2.19. The molecular formula is C17H15FO. The van der Waals surface area contributed by atoms with Gasteiger partial charge in [0.1, 0.15) is 5.82 Å². The van der Waals surface area contributed by atoms with Gasteiger partial charge in [0.2, 0.25) is 0 Å². The molecule has 0 heterocycles. The minimum atomic E-state index is -0.311. The molecule has 2 aromatic carbocycles. The normalized spacial score (nSPS) is 15.0. The van der Waals surface area contributed by atoms with E-state index in [1.807, 2.05) is 12.1 Å². The Balaban J connectivity index is 2.05. The Morgan fingerprint density at radius 2 is 1.95 bits per heavy atom. The molecule has 96 valence electrons. The first-order valence-electron chi connectivity index (χ1n) is 6.63. The molecule has 1 fully saturated rings. The molecule has 0 aliphatic heterocycles. The topological polar surface area (TPSA) is 17.1 Å². The second-order valence-corrected chi connectivity index (χ2v) is 5.10. The lowest BCUT2D eigenvalue weighted by Gasteiger charge is -2.26. The van der Waals surface area contributed by atoms with E-state index in [9.17, 15) is 9.18 Å². The Labute approximate surface area is 112 Å². The Hall–Kier alpha value is -1.96.